The van der Waals surface area contributed by atoms with Gasteiger partial charge in [0, 0.05) is 12.8 Å². The SMILES string of the molecule is CCCC/C=C/CCCCCCCC(=O)OC[C@H](COP(=O)([O-])OCC[N+](C)(C)C)OC(=O)CCC/C=C/C/C=C/C/C=C/CCCCCCCC. The van der Waals surface area contributed by atoms with Gasteiger partial charge in [0.1, 0.15) is 19.8 Å². The fourth-order valence-corrected chi connectivity index (χ4v) is 5.79. The van der Waals surface area contributed by atoms with E-state index in [4.69, 9.17) is 18.5 Å². The number of allylic oxidation sites excluding steroid dienone is 8. The second kappa shape index (κ2) is 34.7. The predicted octanol–water partition coefficient (Wildman–Crippen LogP) is 10.5. The van der Waals surface area contributed by atoms with E-state index in [1.807, 2.05) is 27.2 Å². The zero-order valence-corrected chi connectivity index (χ0v) is 34.6. The Hall–Kier alpha value is -2.03. The van der Waals surface area contributed by atoms with Gasteiger partial charge in [-0.25, -0.2) is 0 Å². The van der Waals surface area contributed by atoms with Crippen LogP contribution in [0.25, 0.3) is 0 Å². The summed E-state index contributed by atoms with van der Waals surface area (Å²) in [4.78, 5) is 37.3. The molecule has 1 unspecified atom stereocenters. The van der Waals surface area contributed by atoms with E-state index in [0.717, 1.165) is 57.8 Å². The zero-order chi connectivity index (χ0) is 38.6. The normalized spacial score (nSPS) is 14.2. The molecule has 0 aliphatic rings. The molecule has 0 fully saturated rings. The molecule has 0 rings (SSSR count). The molecular weight excluding hydrogens is 677 g/mol. The highest BCUT2D eigenvalue weighted by atomic mass is 31.2. The standard InChI is InChI=1S/C42H76NO8P/c1-6-8-10-12-14-16-18-19-20-21-22-23-25-27-29-31-33-35-42(45)51-40(39-50-52(46,47)49-37-36-43(3,4)5)38-48-41(44)34-32-30-28-26-24-17-15-13-11-9-7-2/h13,15,19-20,22-23,27,29,40H,6-12,14,16-18,21,24-26,28,30-39H2,1-5H3/b15-13+,20-19+,23-22+,29-27+/t40-/m1/s1. The predicted molar refractivity (Wildman–Crippen MR) is 213 cm³/mol. The van der Waals surface area contributed by atoms with Crippen molar-refractivity contribution in [2.75, 3.05) is 47.5 Å². The van der Waals surface area contributed by atoms with E-state index < -0.39 is 32.5 Å². The average Bonchev–Trinajstić information content (AvgIpc) is 3.09. The van der Waals surface area contributed by atoms with Crippen molar-refractivity contribution in [3.05, 3.63) is 48.6 Å². The molecule has 0 aromatic carbocycles. The Morgan fingerprint density at radius 1 is 0.596 bits per heavy atom. The van der Waals surface area contributed by atoms with E-state index in [9.17, 15) is 19.0 Å². The third kappa shape index (κ3) is 37.7. The summed E-state index contributed by atoms with van der Waals surface area (Å²) in [7, 11) is 1.12. The van der Waals surface area contributed by atoms with Crippen LogP contribution < -0.4 is 4.89 Å². The Labute approximate surface area is 318 Å². The molecule has 0 aliphatic carbocycles. The van der Waals surface area contributed by atoms with E-state index in [1.165, 1.54) is 51.4 Å². The first kappa shape index (κ1) is 50.0. The number of quaternary nitrogens is 1. The monoisotopic (exact) mass is 754 g/mol. The summed E-state index contributed by atoms with van der Waals surface area (Å²) in [6.45, 7) is 4.09. The van der Waals surface area contributed by atoms with Crippen molar-refractivity contribution in [2.45, 2.75) is 161 Å². The number of unbranched alkanes of at least 4 members (excludes halogenated alkanes) is 14. The van der Waals surface area contributed by atoms with Crippen LogP contribution in [0.15, 0.2) is 48.6 Å². The van der Waals surface area contributed by atoms with Crippen LogP contribution >= 0.6 is 7.82 Å². The molecule has 0 aromatic rings. The van der Waals surface area contributed by atoms with Crippen LogP contribution in [0.3, 0.4) is 0 Å². The number of esters is 2. The van der Waals surface area contributed by atoms with Crippen LogP contribution in [-0.4, -0.2) is 70.0 Å². The molecule has 302 valence electrons. The number of carbonyl (C=O) groups excluding carboxylic acids is 2. The van der Waals surface area contributed by atoms with Gasteiger partial charge in [0.25, 0.3) is 7.82 Å². The molecule has 9 nitrogen and oxygen atoms in total. The van der Waals surface area contributed by atoms with Crippen LogP contribution in [0, 0.1) is 0 Å². The van der Waals surface area contributed by atoms with Crippen LogP contribution in [0.4, 0.5) is 0 Å². The molecule has 10 heteroatoms. The summed E-state index contributed by atoms with van der Waals surface area (Å²) in [5.41, 5.74) is 0. The minimum absolute atomic E-state index is 0.0426. The van der Waals surface area contributed by atoms with Gasteiger partial charge in [-0.3, -0.25) is 14.2 Å². The number of ether oxygens (including phenoxy) is 2. The lowest BCUT2D eigenvalue weighted by molar-refractivity contribution is -0.870. The molecule has 0 radical (unpaired) electrons. The van der Waals surface area contributed by atoms with Crippen molar-refractivity contribution >= 4 is 19.8 Å². The van der Waals surface area contributed by atoms with Crippen LogP contribution in [0.5, 0.6) is 0 Å². The minimum Gasteiger partial charge on any atom is -0.756 e. The van der Waals surface area contributed by atoms with Gasteiger partial charge in [-0.2, -0.15) is 0 Å². The highest BCUT2D eigenvalue weighted by Gasteiger charge is 2.21. The number of carbonyl (C=O) groups is 2. The Morgan fingerprint density at radius 2 is 1.08 bits per heavy atom. The maximum Gasteiger partial charge on any atom is 0.306 e. The fraction of sp³-hybridized carbons (Fsp3) is 0.762. The Morgan fingerprint density at radius 3 is 1.67 bits per heavy atom. The molecule has 2 atom stereocenters. The first-order valence-electron chi connectivity index (χ1n) is 20.3. The van der Waals surface area contributed by atoms with Crippen molar-refractivity contribution in [1.82, 2.24) is 0 Å². The molecule has 0 heterocycles. The van der Waals surface area contributed by atoms with Gasteiger partial charge < -0.3 is 27.9 Å². The Bertz CT molecular complexity index is 1030. The highest BCUT2D eigenvalue weighted by Crippen LogP contribution is 2.38. The number of rotatable bonds is 36. The molecule has 0 bridgehead atoms. The van der Waals surface area contributed by atoms with Gasteiger partial charge >= 0.3 is 11.9 Å². The van der Waals surface area contributed by atoms with E-state index in [2.05, 4.69) is 56.4 Å². The van der Waals surface area contributed by atoms with E-state index in [-0.39, 0.29) is 26.1 Å². The maximum atomic E-state index is 12.6. The molecule has 0 amide bonds. The lowest BCUT2D eigenvalue weighted by Crippen LogP contribution is -2.37. The summed E-state index contributed by atoms with van der Waals surface area (Å²) < 4.78 is 33.7. The highest BCUT2D eigenvalue weighted by molar-refractivity contribution is 7.45. The number of phosphoric acid groups is 1. The van der Waals surface area contributed by atoms with Crippen molar-refractivity contribution in [3.63, 3.8) is 0 Å². The molecule has 52 heavy (non-hydrogen) atoms. The quantitative estimate of drug-likeness (QED) is 0.0204. The van der Waals surface area contributed by atoms with Crippen LogP contribution in [0.1, 0.15) is 155 Å². The second-order valence-corrected chi connectivity index (χ2v) is 16.1. The van der Waals surface area contributed by atoms with Crippen LogP contribution in [0.2, 0.25) is 0 Å². The smallest absolute Gasteiger partial charge is 0.306 e. The minimum atomic E-state index is -4.63. The summed E-state index contributed by atoms with van der Waals surface area (Å²) in [6, 6.07) is 0. The van der Waals surface area contributed by atoms with Crippen LogP contribution in [-0.2, 0) is 32.7 Å². The molecule has 0 aromatic heterocycles. The third-order valence-electron chi connectivity index (χ3n) is 8.32. The largest absolute Gasteiger partial charge is 0.756 e. The van der Waals surface area contributed by atoms with E-state index >= 15 is 0 Å². The summed E-state index contributed by atoms with van der Waals surface area (Å²) in [5, 5.41) is 0. The Kier molecular flexibility index (Phi) is 33.4. The molecule has 0 saturated heterocycles. The third-order valence-corrected chi connectivity index (χ3v) is 9.29. The van der Waals surface area contributed by atoms with Gasteiger partial charge in [0.15, 0.2) is 6.10 Å². The van der Waals surface area contributed by atoms with Gasteiger partial charge in [-0.05, 0) is 64.2 Å². The van der Waals surface area contributed by atoms with E-state index in [0.29, 0.717) is 30.3 Å². The topological polar surface area (TPSA) is 111 Å². The average molecular weight is 754 g/mol. The molecule has 0 N–H and O–H groups in total. The van der Waals surface area contributed by atoms with Gasteiger partial charge in [0.05, 0.1) is 27.7 Å². The molecule has 0 spiro atoms. The number of hydrogen-bond donors (Lipinski definition) is 0. The zero-order valence-electron chi connectivity index (χ0n) is 33.7. The Balaban J connectivity index is 4.51. The van der Waals surface area contributed by atoms with Crippen molar-refractivity contribution in [2.24, 2.45) is 0 Å². The van der Waals surface area contributed by atoms with E-state index in [1.54, 1.807) is 0 Å². The van der Waals surface area contributed by atoms with Crippen molar-refractivity contribution in [1.29, 1.82) is 0 Å². The number of hydrogen-bond acceptors (Lipinski definition) is 8. The number of likely N-dealkylation sites (N-methyl/N-ethyl adjacent to an activating group) is 1. The lowest BCUT2D eigenvalue weighted by atomic mass is 10.1. The molecule has 0 saturated carbocycles. The van der Waals surface area contributed by atoms with Gasteiger partial charge in [-0.1, -0.05) is 127 Å². The number of nitrogens with zero attached hydrogens (tertiary/aromatic N) is 1. The number of phosphoric ester groups is 1. The van der Waals surface area contributed by atoms with Gasteiger partial charge in [0.2, 0.25) is 0 Å². The first-order chi connectivity index (χ1) is 25.0. The first-order valence-corrected chi connectivity index (χ1v) is 21.8. The molecule has 0 aliphatic heterocycles. The van der Waals surface area contributed by atoms with Gasteiger partial charge in [-0.15, -0.1) is 0 Å². The fourth-order valence-electron chi connectivity index (χ4n) is 5.06. The summed E-state index contributed by atoms with van der Waals surface area (Å²) in [5.74, 6) is -0.912. The second-order valence-electron chi connectivity index (χ2n) is 14.6. The maximum absolute atomic E-state index is 12.6. The summed E-state index contributed by atoms with van der Waals surface area (Å²) >= 11 is 0. The molecular formula is C42H76NO8P. The lowest BCUT2D eigenvalue weighted by Gasteiger charge is -2.28. The van der Waals surface area contributed by atoms with Crippen molar-refractivity contribution < 1.29 is 42.1 Å². The summed E-state index contributed by atoms with van der Waals surface area (Å²) in [6.07, 6.45) is 38.6. The van der Waals surface area contributed by atoms with Crippen molar-refractivity contribution in [3.8, 4) is 0 Å².